The molecule has 0 bridgehead atoms. The van der Waals surface area contributed by atoms with Crippen LogP contribution in [0.2, 0.25) is 0 Å². The molecule has 134 valence electrons. The first-order chi connectivity index (χ1) is 11.8. The van der Waals surface area contributed by atoms with Gasteiger partial charge in [-0.2, -0.15) is 0 Å². The minimum atomic E-state index is -0.863. The van der Waals surface area contributed by atoms with E-state index in [-0.39, 0.29) is 24.3 Å². The molecule has 1 fully saturated rings. The van der Waals surface area contributed by atoms with Gasteiger partial charge >= 0.3 is 5.97 Å². The summed E-state index contributed by atoms with van der Waals surface area (Å²) in [5.74, 6) is -0.996. The summed E-state index contributed by atoms with van der Waals surface area (Å²) in [7, 11) is 0. The lowest BCUT2D eigenvalue weighted by Crippen LogP contribution is -2.40. The summed E-state index contributed by atoms with van der Waals surface area (Å²) in [6.45, 7) is 6.68. The van der Waals surface area contributed by atoms with E-state index in [1.807, 2.05) is 26.0 Å². The van der Waals surface area contributed by atoms with E-state index in [0.29, 0.717) is 25.1 Å². The molecule has 3 rings (SSSR count). The van der Waals surface area contributed by atoms with Crippen molar-refractivity contribution in [2.24, 2.45) is 11.3 Å². The van der Waals surface area contributed by atoms with Gasteiger partial charge < -0.3 is 14.9 Å². The molecule has 1 aromatic rings. The summed E-state index contributed by atoms with van der Waals surface area (Å²) in [5, 5.41) is 9.64. The Morgan fingerprint density at radius 3 is 2.48 bits per heavy atom. The Bertz CT molecular complexity index is 743. The second kappa shape index (κ2) is 6.17. The van der Waals surface area contributed by atoms with Crippen LogP contribution >= 0.6 is 0 Å². The molecule has 25 heavy (non-hydrogen) atoms. The number of anilines is 1. The molecule has 6 nitrogen and oxygen atoms in total. The van der Waals surface area contributed by atoms with Crippen molar-refractivity contribution in [3.63, 3.8) is 0 Å². The first-order valence-corrected chi connectivity index (χ1v) is 8.70. The Kier molecular flexibility index (Phi) is 4.31. The van der Waals surface area contributed by atoms with E-state index in [9.17, 15) is 19.5 Å². The first kappa shape index (κ1) is 17.5. The molecule has 2 aliphatic rings. The highest BCUT2D eigenvalue weighted by Crippen LogP contribution is 2.39. The number of rotatable bonds is 3. The van der Waals surface area contributed by atoms with Crippen LogP contribution in [-0.4, -0.2) is 47.4 Å². The highest BCUT2D eigenvalue weighted by molar-refractivity contribution is 5.98. The molecular weight excluding hydrogens is 320 g/mol. The van der Waals surface area contributed by atoms with E-state index in [1.165, 1.54) is 6.92 Å². The zero-order chi connectivity index (χ0) is 18.4. The summed E-state index contributed by atoms with van der Waals surface area (Å²) >= 11 is 0. The number of nitrogens with zero attached hydrogens (tertiary/aromatic N) is 2. The van der Waals surface area contributed by atoms with Gasteiger partial charge in [-0.1, -0.05) is 13.8 Å². The van der Waals surface area contributed by atoms with Gasteiger partial charge in [0.1, 0.15) is 0 Å². The molecule has 2 amide bonds. The first-order valence-electron chi connectivity index (χ1n) is 8.70. The van der Waals surface area contributed by atoms with Crippen LogP contribution < -0.4 is 4.90 Å². The van der Waals surface area contributed by atoms with E-state index in [2.05, 4.69) is 0 Å². The molecular formula is C19H24N2O4. The third kappa shape index (κ3) is 2.79. The van der Waals surface area contributed by atoms with Gasteiger partial charge in [0.2, 0.25) is 5.91 Å². The third-order valence-corrected chi connectivity index (χ3v) is 5.72. The van der Waals surface area contributed by atoms with Crippen molar-refractivity contribution in [2.75, 3.05) is 24.5 Å². The van der Waals surface area contributed by atoms with Crippen LogP contribution in [0, 0.1) is 11.3 Å². The van der Waals surface area contributed by atoms with E-state index >= 15 is 0 Å². The maximum atomic E-state index is 12.8. The van der Waals surface area contributed by atoms with Gasteiger partial charge in [0.05, 0.1) is 5.41 Å². The molecule has 1 unspecified atom stereocenters. The summed E-state index contributed by atoms with van der Waals surface area (Å²) in [6, 6.07) is 5.40. The van der Waals surface area contributed by atoms with Gasteiger partial charge in [0.15, 0.2) is 0 Å². The zero-order valence-corrected chi connectivity index (χ0v) is 14.9. The predicted octanol–water partition coefficient (Wildman–Crippen LogP) is 2.17. The van der Waals surface area contributed by atoms with Gasteiger partial charge in [-0.3, -0.25) is 14.4 Å². The SMILES string of the molecule is CC(=O)N1CCc2cc(C(=O)N3CCC(C(=O)O)(C(C)C)C3)ccc21. The fraction of sp³-hybridized carbons (Fsp3) is 0.526. The van der Waals surface area contributed by atoms with Crippen LogP contribution in [0.15, 0.2) is 18.2 Å². The Hall–Kier alpha value is -2.37. The van der Waals surface area contributed by atoms with Crippen molar-refractivity contribution in [2.45, 2.75) is 33.6 Å². The lowest BCUT2D eigenvalue weighted by molar-refractivity contribution is -0.150. The minimum Gasteiger partial charge on any atom is -0.481 e. The number of carboxylic acid groups (broad SMARTS) is 1. The Labute approximate surface area is 147 Å². The van der Waals surface area contributed by atoms with E-state index in [1.54, 1.807) is 15.9 Å². The second-order valence-electron chi connectivity index (χ2n) is 7.36. The Morgan fingerprint density at radius 2 is 1.92 bits per heavy atom. The van der Waals surface area contributed by atoms with Crippen LogP contribution in [-0.2, 0) is 16.0 Å². The number of likely N-dealkylation sites (tertiary alicyclic amines) is 1. The van der Waals surface area contributed by atoms with Gasteiger partial charge in [-0.15, -0.1) is 0 Å². The molecule has 1 atom stereocenters. The van der Waals surface area contributed by atoms with Gasteiger partial charge in [-0.25, -0.2) is 0 Å². The van der Waals surface area contributed by atoms with Crippen molar-refractivity contribution < 1.29 is 19.5 Å². The summed E-state index contributed by atoms with van der Waals surface area (Å²) in [6.07, 6.45) is 1.22. The molecule has 0 radical (unpaired) electrons. The number of fused-ring (bicyclic) bond motifs is 1. The zero-order valence-electron chi connectivity index (χ0n) is 14.9. The Balaban J connectivity index is 1.81. The van der Waals surface area contributed by atoms with Gasteiger partial charge in [0.25, 0.3) is 5.91 Å². The highest BCUT2D eigenvalue weighted by Gasteiger charge is 2.48. The van der Waals surface area contributed by atoms with Crippen LogP contribution in [0.25, 0.3) is 0 Å². The number of carbonyl (C=O) groups excluding carboxylic acids is 2. The van der Waals surface area contributed by atoms with Gasteiger partial charge in [0, 0.05) is 37.8 Å². The normalized spacial score (nSPS) is 22.4. The van der Waals surface area contributed by atoms with E-state index in [4.69, 9.17) is 0 Å². The number of benzene rings is 1. The minimum absolute atomic E-state index is 0.000504. The molecule has 0 aliphatic carbocycles. The average Bonchev–Trinajstić information content (AvgIpc) is 3.18. The van der Waals surface area contributed by atoms with Crippen molar-refractivity contribution >= 4 is 23.5 Å². The van der Waals surface area contributed by atoms with Gasteiger partial charge in [-0.05, 0) is 42.5 Å². The maximum absolute atomic E-state index is 12.8. The molecule has 6 heteroatoms. The molecule has 0 spiro atoms. The molecule has 1 aromatic carbocycles. The number of hydrogen-bond donors (Lipinski definition) is 1. The van der Waals surface area contributed by atoms with Crippen LogP contribution in [0.1, 0.15) is 43.1 Å². The summed E-state index contributed by atoms with van der Waals surface area (Å²) < 4.78 is 0. The highest BCUT2D eigenvalue weighted by atomic mass is 16.4. The largest absolute Gasteiger partial charge is 0.481 e. The predicted molar refractivity (Wildman–Crippen MR) is 93.6 cm³/mol. The molecule has 2 heterocycles. The lowest BCUT2D eigenvalue weighted by Gasteiger charge is -2.28. The van der Waals surface area contributed by atoms with Crippen molar-refractivity contribution in [1.82, 2.24) is 4.90 Å². The molecule has 1 N–H and O–H groups in total. The third-order valence-electron chi connectivity index (χ3n) is 5.72. The number of carboxylic acids is 1. The summed E-state index contributed by atoms with van der Waals surface area (Å²) in [4.78, 5) is 39.6. The van der Waals surface area contributed by atoms with Crippen molar-refractivity contribution in [3.05, 3.63) is 29.3 Å². The average molecular weight is 344 g/mol. The smallest absolute Gasteiger partial charge is 0.311 e. The summed E-state index contributed by atoms with van der Waals surface area (Å²) in [5.41, 5.74) is 1.56. The monoisotopic (exact) mass is 344 g/mol. The number of amides is 2. The fourth-order valence-corrected chi connectivity index (χ4v) is 3.94. The molecule has 2 aliphatic heterocycles. The fourth-order valence-electron chi connectivity index (χ4n) is 3.94. The van der Waals surface area contributed by atoms with E-state index in [0.717, 1.165) is 17.7 Å². The maximum Gasteiger partial charge on any atom is 0.311 e. The van der Waals surface area contributed by atoms with Crippen LogP contribution in [0.4, 0.5) is 5.69 Å². The lowest BCUT2D eigenvalue weighted by atomic mass is 9.76. The van der Waals surface area contributed by atoms with Crippen molar-refractivity contribution in [3.8, 4) is 0 Å². The number of aliphatic carboxylic acids is 1. The molecule has 0 aromatic heterocycles. The van der Waals surface area contributed by atoms with E-state index < -0.39 is 11.4 Å². The topological polar surface area (TPSA) is 77.9 Å². The van der Waals surface area contributed by atoms with Crippen LogP contribution in [0.3, 0.4) is 0 Å². The van der Waals surface area contributed by atoms with Crippen molar-refractivity contribution in [1.29, 1.82) is 0 Å². The number of carbonyl (C=O) groups is 3. The second-order valence-corrected chi connectivity index (χ2v) is 7.36. The number of hydrogen-bond acceptors (Lipinski definition) is 3. The quantitative estimate of drug-likeness (QED) is 0.911. The standard InChI is InChI=1S/C19H24N2O4/c1-12(2)19(18(24)25)7-9-20(11-19)17(23)15-4-5-16-14(10-15)6-8-21(16)13(3)22/h4-5,10,12H,6-9,11H2,1-3H3,(H,24,25). The Morgan fingerprint density at radius 1 is 1.20 bits per heavy atom. The van der Waals surface area contributed by atoms with Crippen LogP contribution in [0.5, 0.6) is 0 Å². The molecule has 1 saturated heterocycles. The molecule has 0 saturated carbocycles.